The second-order valence-corrected chi connectivity index (χ2v) is 3.95. The number of carboxylic acid groups (broad SMARTS) is 1. The van der Waals surface area contributed by atoms with E-state index in [0.717, 1.165) is 11.3 Å². The molecule has 0 aromatic carbocycles. The summed E-state index contributed by atoms with van der Waals surface area (Å²) in [5, 5.41) is 19.4. The Labute approximate surface area is 95.5 Å². The molecule has 1 aromatic rings. The van der Waals surface area contributed by atoms with Crippen LogP contribution in [0.25, 0.3) is 0 Å². The molecule has 0 fully saturated rings. The number of nitrogens with zero attached hydrogens (tertiary/aromatic N) is 3. The molecule has 0 aliphatic rings. The molecule has 0 amide bonds. The van der Waals surface area contributed by atoms with Gasteiger partial charge in [0.1, 0.15) is 6.20 Å². The first-order valence-electron chi connectivity index (χ1n) is 4.61. The third kappa shape index (κ3) is 3.16. The molecular formula is C8H11N3O4S. The zero-order valence-electron chi connectivity index (χ0n) is 8.62. The van der Waals surface area contributed by atoms with E-state index >= 15 is 0 Å². The number of anilines is 1. The van der Waals surface area contributed by atoms with Crippen molar-refractivity contribution >= 4 is 27.4 Å². The number of hydrogen-bond acceptors (Lipinski definition) is 6. The lowest BCUT2D eigenvalue weighted by Crippen LogP contribution is -2.25. The Morgan fingerprint density at radius 1 is 1.75 bits per heavy atom. The van der Waals surface area contributed by atoms with Gasteiger partial charge >= 0.3 is 11.0 Å². The van der Waals surface area contributed by atoms with Crippen molar-refractivity contribution in [3.8, 4) is 0 Å². The van der Waals surface area contributed by atoms with E-state index in [9.17, 15) is 14.9 Å². The normalized spacial score (nSPS) is 10.1. The second kappa shape index (κ2) is 5.40. The Hall–Kier alpha value is -1.70. The smallest absolute Gasteiger partial charge is 0.345 e. The molecule has 0 atom stereocenters. The van der Waals surface area contributed by atoms with E-state index in [4.69, 9.17) is 5.11 Å². The molecule has 8 heteroatoms. The van der Waals surface area contributed by atoms with E-state index in [1.54, 1.807) is 4.90 Å². The quantitative estimate of drug-likeness (QED) is 0.600. The van der Waals surface area contributed by atoms with E-state index in [1.165, 1.54) is 6.20 Å². The van der Waals surface area contributed by atoms with Gasteiger partial charge in [-0.3, -0.25) is 14.9 Å². The summed E-state index contributed by atoms with van der Waals surface area (Å²) < 4.78 is 0. The average Bonchev–Trinajstić information content (AvgIpc) is 2.67. The number of thiazole rings is 1. The zero-order chi connectivity index (χ0) is 12.1. The van der Waals surface area contributed by atoms with Crippen LogP contribution in [0.3, 0.4) is 0 Å². The zero-order valence-corrected chi connectivity index (χ0v) is 9.44. The standard InChI is InChI=1S/C8H11N3O4S/c1-2-10(4-3-7(12)13)8-9-5-6(16-8)11(14)15/h5H,2-4H2,1H3,(H,12,13). The highest BCUT2D eigenvalue weighted by Gasteiger charge is 2.16. The van der Waals surface area contributed by atoms with Crippen molar-refractivity contribution < 1.29 is 14.8 Å². The Kier molecular flexibility index (Phi) is 4.18. The fraction of sp³-hybridized carbons (Fsp3) is 0.500. The van der Waals surface area contributed by atoms with Crippen LogP contribution in [0, 0.1) is 10.1 Å². The molecule has 7 nitrogen and oxygen atoms in total. The summed E-state index contributed by atoms with van der Waals surface area (Å²) in [6, 6.07) is 0. The molecule has 1 heterocycles. The molecule has 0 unspecified atom stereocenters. The van der Waals surface area contributed by atoms with Gasteiger partial charge < -0.3 is 10.0 Å². The first-order valence-corrected chi connectivity index (χ1v) is 5.43. The first kappa shape index (κ1) is 12.4. The summed E-state index contributed by atoms with van der Waals surface area (Å²) in [4.78, 5) is 26.0. The lowest BCUT2D eigenvalue weighted by atomic mass is 10.4. The molecule has 88 valence electrons. The molecule has 0 spiro atoms. The fourth-order valence-corrected chi connectivity index (χ4v) is 1.93. The van der Waals surface area contributed by atoms with Gasteiger partial charge in [0.05, 0.1) is 11.3 Å². The van der Waals surface area contributed by atoms with Gasteiger partial charge in [0, 0.05) is 13.1 Å². The highest BCUT2D eigenvalue weighted by molar-refractivity contribution is 7.18. The largest absolute Gasteiger partial charge is 0.481 e. The van der Waals surface area contributed by atoms with E-state index in [-0.39, 0.29) is 11.4 Å². The minimum absolute atomic E-state index is 0.0127. The molecule has 1 rings (SSSR count). The fourth-order valence-electron chi connectivity index (χ4n) is 1.11. The second-order valence-electron chi connectivity index (χ2n) is 2.96. The summed E-state index contributed by atoms with van der Waals surface area (Å²) >= 11 is 0.948. The summed E-state index contributed by atoms with van der Waals surface area (Å²) in [5.74, 6) is -0.899. The maximum atomic E-state index is 10.5. The van der Waals surface area contributed by atoms with Gasteiger partial charge in [-0.25, -0.2) is 4.98 Å². The first-order chi connectivity index (χ1) is 7.54. The maximum Gasteiger partial charge on any atom is 0.345 e. The van der Waals surface area contributed by atoms with Crippen molar-refractivity contribution in [1.29, 1.82) is 0 Å². The predicted octanol–water partition coefficient (Wildman–Crippen LogP) is 1.35. The van der Waals surface area contributed by atoms with E-state index in [1.807, 2.05) is 6.92 Å². The van der Waals surface area contributed by atoms with Crippen LogP contribution in [0.1, 0.15) is 13.3 Å². The minimum Gasteiger partial charge on any atom is -0.481 e. The predicted molar refractivity (Wildman–Crippen MR) is 58.9 cm³/mol. The molecule has 1 aromatic heterocycles. The lowest BCUT2D eigenvalue weighted by molar-refractivity contribution is -0.380. The van der Waals surface area contributed by atoms with Gasteiger partial charge in [-0.1, -0.05) is 0 Å². The van der Waals surface area contributed by atoms with Gasteiger partial charge in [0.15, 0.2) is 5.13 Å². The third-order valence-corrected chi connectivity index (χ3v) is 2.92. The third-order valence-electron chi connectivity index (χ3n) is 1.91. The Bertz CT molecular complexity index is 392. The number of hydrogen-bond donors (Lipinski definition) is 1. The highest BCUT2D eigenvalue weighted by atomic mass is 32.1. The van der Waals surface area contributed by atoms with Crippen molar-refractivity contribution in [3.05, 3.63) is 16.3 Å². The summed E-state index contributed by atoms with van der Waals surface area (Å²) in [5.41, 5.74) is 0. The average molecular weight is 245 g/mol. The van der Waals surface area contributed by atoms with Crippen molar-refractivity contribution in [2.45, 2.75) is 13.3 Å². The van der Waals surface area contributed by atoms with Crippen molar-refractivity contribution in [2.75, 3.05) is 18.0 Å². The van der Waals surface area contributed by atoms with Crippen LogP contribution < -0.4 is 4.90 Å². The molecule has 0 radical (unpaired) electrons. The van der Waals surface area contributed by atoms with Crippen LogP contribution >= 0.6 is 11.3 Å². The van der Waals surface area contributed by atoms with Gasteiger partial charge in [0.25, 0.3) is 0 Å². The molecule has 0 saturated heterocycles. The molecular weight excluding hydrogens is 234 g/mol. The van der Waals surface area contributed by atoms with Gasteiger partial charge in [-0.05, 0) is 18.3 Å². The van der Waals surface area contributed by atoms with Crippen LogP contribution in [0.15, 0.2) is 6.20 Å². The van der Waals surface area contributed by atoms with Crippen molar-refractivity contribution in [2.24, 2.45) is 0 Å². The minimum atomic E-state index is -0.899. The Morgan fingerprint density at radius 3 is 2.88 bits per heavy atom. The van der Waals surface area contributed by atoms with Crippen molar-refractivity contribution in [3.63, 3.8) is 0 Å². The summed E-state index contributed by atoms with van der Waals surface area (Å²) in [6.45, 7) is 2.71. The number of aromatic nitrogens is 1. The molecule has 0 aliphatic heterocycles. The monoisotopic (exact) mass is 245 g/mol. The van der Waals surface area contributed by atoms with Crippen LogP contribution in [0.4, 0.5) is 10.1 Å². The molecule has 16 heavy (non-hydrogen) atoms. The van der Waals surface area contributed by atoms with Crippen molar-refractivity contribution in [1.82, 2.24) is 4.98 Å². The van der Waals surface area contributed by atoms with Crippen LogP contribution in [-0.2, 0) is 4.79 Å². The lowest BCUT2D eigenvalue weighted by Gasteiger charge is -2.17. The van der Waals surface area contributed by atoms with E-state index in [2.05, 4.69) is 4.98 Å². The number of carbonyl (C=O) groups is 1. The number of carboxylic acids is 1. The van der Waals surface area contributed by atoms with Gasteiger partial charge in [-0.2, -0.15) is 0 Å². The molecule has 0 aliphatic carbocycles. The molecule has 0 bridgehead atoms. The van der Waals surface area contributed by atoms with Gasteiger partial charge in [-0.15, -0.1) is 0 Å². The molecule has 1 N–H and O–H groups in total. The maximum absolute atomic E-state index is 10.5. The number of rotatable bonds is 6. The van der Waals surface area contributed by atoms with Gasteiger partial charge in [0.2, 0.25) is 0 Å². The Morgan fingerprint density at radius 2 is 2.44 bits per heavy atom. The number of aliphatic carboxylic acids is 1. The highest BCUT2D eigenvalue weighted by Crippen LogP contribution is 2.28. The van der Waals surface area contributed by atoms with Crippen LogP contribution in [0.5, 0.6) is 0 Å². The van der Waals surface area contributed by atoms with E-state index < -0.39 is 10.9 Å². The summed E-state index contributed by atoms with van der Waals surface area (Å²) in [7, 11) is 0. The van der Waals surface area contributed by atoms with Crippen LogP contribution in [-0.4, -0.2) is 34.1 Å². The summed E-state index contributed by atoms with van der Waals surface area (Å²) in [6.07, 6.45) is 1.17. The topological polar surface area (TPSA) is 96.6 Å². The Balaban J connectivity index is 2.70. The van der Waals surface area contributed by atoms with E-state index in [0.29, 0.717) is 18.2 Å². The van der Waals surface area contributed by atoms with Crippen LogP contribution in [0.2, 0.25) is 0 Å². The SMILES string of the molecule is CCN(CCC(=O)O)c1ncc([N+](=O)[O-])s1. The number of nitro groups is 1. The molecule has 0 saturated carbocycles.